The molecule has 4 aromatic carbocycles. The Morgan fingerprint density at radius 1 is 0.783 bits per heavy atom. The van der Waals surface area contributed by atoms with E-state index in [0.717, 1.165) is 5.69 Å². The lowest BCUT2D eigenvalue weighted by Crippen LogP contribution is -2.36. The number of nitrogens with two attached hydrogens (primary N) is 1. The van der Waals surface area contributed by atoms with Gasteiger partial charge in [0, 0.05) is 71.8 Å². The van der Waals surface area contributed by atoms with Gasteiger partial charge in [-0.3, -0.25) is 9.59 Å². The molecule has 8 rings (SSSR count). The maximum absolute atomic E-state index is 13.4. The van der Waals surface area contributed by atoms with Gasteiger partial charge in [-0.05, 0) is 79.3 Å². The van der Waals surface area contributed by atoms with Crippen LogP contribution >= 0.6 is 12.2 Å². The molecule has 1 spiro atoms. The molecule has 0 fully saturated rings. The van der Waals surface area contributed by atoms with Gasteiger partial charge in [0.1, 0.15) is 23.0 Å². The van der Waals surface area contributed by atoms with Crippen LogP contribution in [0.4, 0.5) is 17.3 Å². The maximum Gasteiger partial charge on any atom is 0.340 e. The number of phenolic OH excluding ortho intramolecular Hbond substituents is 2. The second-order valence-corrected chi connectivity index (χ2v) is 14.2. The predicted molar refractivity (Wildman–Crippen MR) is 222 cm³/mol. The summed E-state index contributed by atoms with van der Waals surface area (Å²) in [6, 6.07) is 21.1. The number of carbonyl (C=O) groups excluding carboxylic acids is 3. The largest absolute Gasteiger partial charge is 0.508 e. The Balaban J connectivity index is 0.757. The molecule has 0 radical (unpaired) electrons. The highest BCUT2D eigenvalue weighted by Crippen LogP contribution is 2.57. The fourth-order valence-corrected chi connectivity index (χ4v) is 7.16. The number of anilines is 3. The van der Waals surface area contributed by atoms with Gasteiger partial charge in [0.05, 0.1) is 24.0 Å². The van der Waals surface area contributed by atoms with Crippen LogP contribution in [0.5, 0.6) is 28.9 Å². The van der Waals surface area contributed by atoms with E-state index in [1.165, 1.54) is 30.5 Å². The number of ether oxygens (including phenoxy) is 2. The van der Waals surface area contributed by atoms with Crippen molar-refractivity contribution in [3.63, 3.8) is 0 Å². The molecule has 0 saturated carbocycles. The molecular weight excluding hydrogens is 793 g/mol. The first-order chi connectivity index (χ1) is 29.0. The highest BCUT2D eigenvalue weighted by molar-refractivity contribution is 7.80. The third-order valence-corrected chi connectivity index (χ3v) is 9.95. The lowest BCUT2D eigenvalue weighted by Gasteiger charge is -2.36. The van der Waals surface area contributed by atoms with E-state index in [-0.39, 0.29) is 75.9 Å². The van der Waals surface area contributed by atoms with Crippen molar-refractivity contribution in [2.24, 2.45) is 0 Å². The SMILES string of the molecule is Nc1nc(O)c2nc(CNc3ccc(C(=O)NCCCC(=O)NCCNC(=S)Nc4ccc5c(c4)C(=O)OC54c5ccc(O)cc5Oc5cc(O)ccc54)cc3)cnc2n1. The monoisotopic (exact) mass is 828 g/mol. The van der Waals surface area contributed by atoms with E-state index < -0.39 is 11.6 Å². The Hall–Kier alpha value is -7.80. The lowest BCUT2D eigenvalue weighted by molar-refractivity contribution is -0.121. The summed E-state index contributed by atoms with van der Waals surface area (Å²) in [6.07, 6.45) is 2.15. The summed E-state index contributed by atoms with van der Waals surface area (Å²) >= 11 is 5.45. The van der Waals surface area contributed by atoms with Crippen LogP contribution in [0, 0.1) is 0 Å². The molecule has 0 atom stereocenters. The van der Waals surface area contributed by atoms with Crippen LogP contribution < -0.4 is 37.1 Å². The van der Waals surface area contributed by atoms with Crippen molar-refractivity contribution in [2.75, 3.05) is 36.0 Å². The van der Waals surface area contributed by atoms with E-state index in [2.05, 4.69) is 46.5 Å². The number of benzene rings is 4. The Labute approximate surface area is 346 Å². The number of phenols is 2. The maximum atomic E-state index is 13.4. The summed E-state index contributed by atoms with van der Waals surface area (Å²) in [6.45, 7) is 1.21. The van der Waals surface area contributed by atoms with Crippen molar-refractivity contribution in [1.82, 2.24) is 35.9 Å². The zero-order valence-corrected chi connectivity index (χ0v) is 32.3. The van der Waals surface area contributed by atoms with Crippen LogP contribution in [-0.2, 0) is 21.7 Å². The second-order valence-electron chi connectivity index (χ2n) is 13.8. The van der Waals surface area contributed by atoms with Gasteiger partial charge in [-0.2, -0.15) is 9.97 Å². The molecule has 18 nitrogen and oxygen atoms in total. The number of aromatic nitrogens is 4. The standard InChI is InChI=1S/C41H36N10O8S/c42-39-50-35-34(37(56)51-39)48-24(20-47-35)19-46-22-5-3-21(4-6-22)36(55)44-13-1-2-33(54)43-14-15-45-40(60)49-23-7-10-28-27(16-23)38(57)59-41(28)29-11-8-25(52)17-31(29)58-32-18-26(53)9-12-30(32)41/h3-12,16-18,20,46,52-53H,1-2,13-15,19H2,(H,43,54)(H,44,55)(H2,45,49,60)(H3,42,47,50,51,56). The van der Waals surface area contributed by atoms with E-state index in [1.807, 2.05) is 0 Å². The van der Waals surface area contributed by atoms with E-state index in [4.69, 9.17) is 27.4 Å². The molecule has 6 aromatic rings. The number of nitrogens with zero attached hydrogens (tertiary/aromatic N) is 4. The number of amides is 2. The molecule has 0 bridgehead atoms. The summed E-state index contributed by atoms with van der Waals surface area (Å²) in [5.41, 5.74) is 8.64. The molecule has 0 saturated heterocycles. The molecule has 2 aliphatic rings. The van der Waals surface area contributed by atoms with Gasteiger partial charge in [-0.25, -0.2) is 14.8 Å². The van der Waals surface area contributed by atoms with E-state index in [0.29, 0.717) is 65.3 Å². The average Bonchev–Trinajstić information content (AvgIpc) is 3.51. The number of thiocarbonyl (C=S) groups is 1. The quantitative estimate of drug-likeness (QED) is 0.0481. The summed E-state index contributed by atoms with van der Waals surface area (Å²) < 4.78 is 12.1. The van der Waals surface area contributed by atoms with Crippen LogP contribution in [0.3, 0.4) is 0 Å². The van der Waals surface area contributed by atoms with Gasteiger partial charge < -0.3 is 57.1 Å². The minimum atomic E-state index is -1.37. The molecule has 304 valence electrons. The topological polar surface area (TPSA) is 268 Å². The highest BCUT2D eigenvalue weighted by Gasteiger charge is 2.53. The fraction of sp³-hybridized carbons (Fsp3) is 0.171. The second kappa shape index (κ2) is 16.2. The molecular formula is C41H36N10O8S. The zero-order chi connectivity index (χ0) is 42.0. The Morgan fingerprint density at radius 2 is 1.47 bits per heavy atom. The Kier molecular flexibility index (Phi) is 10.6. The Bertz CT molecular complexity index is 2650. The third kappa shape index (κ3) is 7.88. The number of nitrogens with one attached hydrogen (secondary N) is 5. The van der Waals surface area contributed by atoms with Gasteiger partial charge in [0.2, 0.25) is 17.7 Å². The number of fused-ring (bicyclic) bond motifs is 7. The molecule has 2 aromatic heterocycles. The predicted octanol–water partition coefficient (Wildman–Crippen LogP) is 3.91. The molecule has 0 aliphatic carbocycles. The minimum Gasteiger partial charge on any atom is -0.508 e. The average molecular weight is 829 g/mol. The Morgan fingerprint density at radius 3 is 2.20 bits per heavy atom. The number of carbonyl (C=O) groups is 3. The van der Waals surface area contributed by atoms with Gasteiger partial charge in [0.25, 0.3) is 5.91 Å². The van der Waals surface area contributed by atoms with Gasteiger partial charge >= 0.3 is 5.97 Å². The van der Waals surface area contributed by atoms with Crippen LogP contribution in [0.1, 0.15) is 55.9 Å². The van der Waals surface area contributed by atoms with Crippen LogP contribution in [0.15, 0.2) is 85.1 Å². The van der Waals surface area contributed by atoms with Crippen molar-refractivity contribution >= 4 is 63.6 Å². The summed E-state index contributed by atoms with van der Waals surface area (Å²) in [7, 11) is 0. The van der Waals surface area contributed by atoms with Crippen molar-refractivity contribution < 1.29 is 39.2 Å². The van der Waals surface area contributed by atoms with Crippen molar-refractivity contribution in [2.45, 2.75) is 25.0 Å². The zero-order valence-electron chi connectivity index (χ0n) is 31.5. The highest BCUT2D eigenvalue weighted by atomic mass is 32.1. The van der Waals surface area contributed by atoms with Gasteiger partial charge in [-0.15, -0.1) is 0 Å². The number of hydrogen-bond acceptors (Lipinski definition) is 15. The molecule has 2 amide bonds. The molecule has 0 unspecified atom stereocenters. The normalized spacial score (nSPS) is 13.0. The van der Waals surface area contributed by atoms with E-state index in [1.54, 1.807) is 54.6 Å². The van der Waals surface area contributed by atoms with Crippen molar-refractivity contribution in [1.29, 1.82) is 0 Å². The minimum absolute atomic E-state index is 0.0344. The van der Waals surface area contributed by atoms with Gasteiger partial charge in [0.15, 0.2) is 21.9 Å². The molecule has 10 N–H and O–H groups in total. The number of aromatic hydroxyl groups is 3. The number of esters is 1. The number of nitrogen functional groups attached to an aromatic ring is 1. The van der Waals surface area contributed by atoms with Crippen molar-refractivity contribution in [3.05, 3.63) is 119 Å². The summed E-state index contributed by atoms with van der Waals surface area (Å²) in [5.74, 6) is -0.982. The number of hydrogen-bond donors (Lipinski definition) is 9. The first-order valence-corrected chi connectivity index (χ1v) is 19.0. The van der Waals surface area contributed by atoms with Gasteiger partial charge in [-0.1, -0.05) is 6.07 Å². The molecule has 2 aliphatic heterocycles. The third-order valence-electron chi connectivity index (χ3n) is 9.71. The smallest absolute Gasteiger partial charge is 0.340 e. The molecule has 19 heteroatoms. The van der Waals surface area contributed by atoms with Crippen molar-refractivity contribution in [3.8, 4) is 28.9 Å². The lowest BCUT2D eigenvalue weighted by atomic mass is 9.77. The molecule has 4 heterocycles. The molecule has 60 heavy (non-hydrogen) atoms. The first-order valence-electron chi connectivity index (χ1n) is 18.6. The van der Waals surface area contributed by atoms with Crippen LogP contribution in [0.2, 0.25) is 0 Å². The fourth-order valence-electron chi connectivity index (χ4n) is 6.94. The van der Waals surface area contributed by atoms with E-state index in [9.17, 15) is 29.7 Å². The van der Waals surface area contributed by atoms with Crippen LogP contribution in [-0.4, -0.2) is 77.8 Å². The number of rotatable bonds is 12. The van der Waals surface area contributed by atoms with E-state index >= 15 is 0 Å². The summed E-state index contributed by atoms with van der Waals surface area (Å²) in [4.78, 5) is 54.6. The van der Waals surface area contributed by atoms with Crippen LogP contribution in [0.25, 0.3) is 11.2 Å². The first kappa shape index (κ1) is 39.0. The summed E-state index contributed by atoms with van der Waals surface area (Å²) in [5, 5.41) is 45.5.